The quantitative estimate of drug-likeness (QED) is 0.311. The van der Waals surface area contributed by atoms with Gasteiger partial charge in [-0.15, -0.1) is 0 Å². The van der Waals surface area contributed by atoms with Gasteiger partial charge in [0.15, 0.2) is 0 Å². The van der Waals surface area contributed by atoms with E-state index in [0.29, 0.717) is 29.6 Å². The summed E-state index contributed by atoms with van der Waals surface area (Å²) < 4.78 is 107. The van der Waals surface area contributed by atoms with Crippen molar-refractivity contribution >= 4 is 32.3 Å². The number of halogens is 6. The van der Waals surface area contributed by atoms with Crippen LogP contribution < -0.4 is 10.6 Å². The molecule has 4 rings (SSSR count). The molecule has 0 unspecified atom stereocenters. The van der Waals surface area contributed by atoms with Gasteiger partial charge in [0.05, 0.1) is 22.3 Å². The fraction of sp³-hybridized carbons (Fsp3) is 0.174. The summed E-state index contributed by atoms with van der Waals surface area (Å²) in [5.41, 5.74) is -2.75. The van der Waals surface area contributed by atoms with Gasteiger partial charge in [-0.1, -0.05) is 6.07 Å². The van der Waals surface area contributed by atoms with Crippen molar-refractivity contribution in [2.75, 3.05) is 12.4 Å². The molecule has 0 saturated carbocycles. The first-order chi connectivity index (χ1) is 16.8. The fourth-order valence-electron chi connectivity index (χ4n) is 3.71. The van der Waals surface area contributed by atoms with Crippen LogP contribution in [0, 0.1) is 0 Å². The molecule has 0 spiro atoms. The molecule has 2 aromatic heterocycles. The second kappa shape index (κ2) is 9.13. The number of nitrogens with one attached hydrogen (secondary N) is 2. The van der Waals surface area contributed by atoms with E-state index in [-0.39, 0.29) is 22.2 Å². The second-order valence-corrected chi connectivity index (χ2v) is 9.60. The molecule has 6 nitrogen and oxygen atoms in total. The van der Waals surface area contributed by atoms with Gasteiger partial charge >= 0.3 is 12.4 Å². The molecule has 190 valence electrons. The molecule has 2 aromatic carbocycles. The lowest BCUT2D eigenvalue weighted by Crippen LogP contribution is -2.13. The van der Waals surface area contributed by atoms with Gasteiger partial charge in [-0.3, -0.25) is 4.98 Å². The summed E-state index contributed by atoms with van der Waals surface area (Å²) in [6.45, 7) is 0.302. The van der Waals surface area contributed by atoms with E-state index >= 15 is 0 Å². The minimum absolute atomic E-state index is 0.0292. The molecular weight excluding hydrogens is 510 g/mol. The highest BCUT2D eigenvalue weighted by Crippen LogP contribution is 2.40. The van der Waals surface area contributed by atoms with E-state index < -0.39 is 39.2 Å². The SMILES string of the molecule is CNCc1cn(S(=O)(=O)c2cccnc2)c2cc(Nc3ccc(C(F)(F)F)cc3C(F)(F)F)ccc12. The smallest absolute Gasteiger partial charge is 0.355 e. The summed E-state index contributed by atoms with van der Waals surface area (Å²) in [5.74, 6) is 0. The highest BCUT2D eigenvalue weighted by Gasteiger charge is 2.38. The second-order valence-electron chi connectivity index (χ2n) is 7.79. The van der Waals surface area contributed by atoms with Crippen LogP contribution >= 0.6 is 0 Å². The predicted octanol–water partition coefficient (Wildman–Crippen LogP) is 5.77. The zero-order chi connectivity index (χ0) is 26.3. The van der Waals surface area contributed by atoms with Gasteiger partial charge in [-0.2, -0.15) is 26.3 Å². The molecule has 0 atom stereocenters. The van der Waals surface area contributed by atoms with Crippen LogP contribution in [0.15, 0.2) is 72.0 Å². The number of aromatic nitrogens is 2. The van der Waals surface area contributed by atoms with Gasteiger partial charge < -0.3 is 10.6 Å². The van der Waals surface area contributed by atoms with Crippen molar-refractivity contribution < 1.29 is 34.8 Å². The van der Waals surface area contributed by atoms with Gasteiger partial charge in [0.25, 0.3) is 10.0 Å². The van der Waals surface area contributed by atoms with Gasteiger partial charge in [-0.25, -0.2) is 12.4 Å². The zero-order valence-electron chi connectivity index (χ0n) is 18.4. The normalized spacial score (nSPS) is 12.8. The standard InChI is InChI=1S/C23H18F6N4O2S/c1-30-11-14-13-33(36(34,35)17-3-2-8-31-12-17)21-10-16(5-6-18(14)21)32-20-7-4-15(22(24,25)26)9-19(20)23(27,28)29/h2-10,12-13,30,32H,11H2,1H3. The highest BCUT2D eigenvalue weighted by atomic mass is 32.2. The van der Waals surface area contributed by atoms with Crippen LogP contribution in [0.1, 0.15) is 16.7 Å². The van der Waals surface area contributed by atoms with E-state index in [1.807, 2.05) is 0 Å². The van der Waals surface area contributed by atoms with Crippen molar-refractivity contribution in [3.63, 3.8) is 0 Å². The fourth-order valence-corrected chi connectivity index (χ4v) is 5.05. The molecule has 0 aliphatic carbocycles. The van der Waals surface area contributed by atoms with Gasteiger partial charge in [0.2, 0.25) is 0 Å². The summed E-state index contributed by atoms with van der Waals surface area (Å²) in [4.78, 5) is 3.73. The van der Waals surface area contributed by atoms with Crippen LogP contribution in [-0.2, 0) is 28.9 Å². The molecule has 0 radical (unpaired) electrons. The summed E-state index contributed by atoms with van der Waals surface area (Å²) in [6, 6.07) is 8.32. The Morgan fingerprint density at radius 1 is 0.972 bits per heavy atom. The van der Waals surface area contributed by atoms with Crippen molar-refractivity contribution in [3.8, 4) is 0 Å². The molecule has 0 fully saturated rings. The van der Waals surface area contributed by atoms with Crippen molar-refractivity contribution in [1.82, 2.24) is 14.3 Å². The largest absolute Gasteiger partial charge is 0.418 e. The molecule has 0 bridgehead atoms. The topological polar surface area (TPSA) is 76.0 Å². The molecular formula is C23H18F6N4O2S. The number of nitrogens with zero attached hydrogens (tertiary/aromatic N) is 2. The molecule has 2 N–H and O–H groups in total. The number of alkyl halides is 6. The van der Waals surface area contributed by atoms with E-state index in [1.165, 1.54) is 48.9 Å². The van der Waals surface area contributed by atoms with E-state index in [1.54, 1.807) is 7.05 Å². The van der Waals surface area contributed by atoms with Crippen LogP contribution in [0.2, 0.25) is 0 Å². The maximum absolute atomic E-state index is 13.6. The number of pyridine rings is 1. The Labute approximate surface area is 201 Å². The molecule has 36 heavy (non-hydrogen) atoms. The lowest BCUT2D eigenvalue weighted by molar-refractivity contribution is -0.142. The monoisotopic (exact) mass is 528 g/mol. The van der Waals surface area contributed by atoms with Crippen molar-refractivity contribution in [3.05, 3.63) is 83.8 Å². The summed E-state index contributed by atoms with van der Waals surface area (Å²) in [5, 5.41) is 5.93. The van der Waals surface area contributed by atoms with Gasteiger partial charge in [0.1, 0.15) is 4.90 Å². The van der Waals surface area contributed by atoms with E-state index in [0.717, 1.165) is 3.97 Å². The lowest BCUT2D eigenvalue weighted by atomic mass is 10.1. The third kappa shape index (κ3) is 4.88. The van der Waals surface area contributed by atoms with Crippen LogP contribution in [0.5, 0.6) is 0 Å². The van der Waals surface area contributed by atoms with E-state index in [2.05, 4.69) is 15.6 Å². The average Bonchev–Trinajstić information content (AvgIpc) is 3.17. The van der Waals surface area contributed by atoms with Crippen LogP contribution in [0.3, 0.4) is 0 Å². The van der Waals surface area contributed by atoms with Gasteiger partial charge in [0, 0.05) is 36.2 Å². The first kappa shape index (κ1) is 25.5. The van der Waals surface area contributed by atoms with Crippen molar-refractivity contribution in [2.45, 2.75) is 23.8 Å². The van der Waals surface area contributed by atoms with E-state index in [9.17, 15) is 34.8 Å². The third-order valence-electron chi connectivity index (χ3n) is 5.34. The maximum Gasteiger partial charge on any atom is 0.418 e. The Bertz CT molecular complexity index is 1510. The third-order valence-corrected chi connectivity index (χ3v) is 7.00. The summed E-state index contributed by atoms with van der Waals surface area (Å²) in [6.07, 6.45) is -6.06. The first-order valence-electron chi connectivity index (χ1n) is 10.3. The maximum atomic E-state index is 13.6. The Hall–Kier alpha value is -3.58. The van der Waals surface area contributed by atoms with Crippen molar-refractivity contribution in [2.24, 2.45) is 0 Å². The van der Waals surface area contributed by atoms with E-state index in [4.69, 9.17) is 0 Å². The molecule has 4 aromatic rings. The number of hydrogen-bond donors (Lipinski definition) is 2. The summed E-state index contributed by atoms with van der Waals surface area (Å²) >= 11 is 0. The highest BCUT2D eigenvalue weighted by molar-refractivity contribution is 7.90. The van der Waals surface area contributed by atoms with Crippen LogP contribution in [0.25, 0.3) is 10.9 Å². The number of anilines is 2. The Morgan fingerprint density at radius 2 is 1.72 bits per heavy atom. The van der Waals surface area contributed by atoms with Crippen LogP contribution in [0.4, 0.5) is 37.7 Å². The predicted molar refractivity (Wildman–Crippen MR) is 121 cm³/mol. The number of fused-ring (bicyclic) bond motifs is 1. The minimum atomic E-state index is -5.07. The van der Waals surface area contributed by atoms with Crippen molar-refractivity contribution in [1.29, 1.82) is 0 Å². The van der Waals surface area contributed by atoms with Gasteiger partial charge in [-0.05, 0) is 55.1 Å². The zero-order valence-corrected chi connectivity index (χ0v) is 19.3. The molecule has 2 heterocycles. The molecule has 13 heteroatoms. The van der Waals surface area contributed by atoms with Crippen LogP contribution in [-0.4, -0.2) is 24.4 Å². The number of hydrogen-bond acceptors (Lipinski definition) is 5. The number of benzene rings is 2. The molecule has 0 aliphatic rings. The Kier molecular flexibility index (Phi) is 6.47. The Morgan fingerprint density at radius 3 is 2.33 bits per heavy atom. The number of rotatable bonds is 6. The average molecular weight is 528 g/mol. The first-order valence-corrected chi connectivity index (χ1v) is 11.8. The Balaban J connectivity index is 1.84. The molecule has 0 aliphatic heterocycles. The molecule has 0 saturated heterocycles. The lowest BCUT2D eigenvalue weighted by Gasteiger charge is -2.17. The molecule has 0 amide bonds. The summed E-state index contributed by atoms with van der Waals surface area (Å²) in [7, 11) is -2.45. The minimum Gasteiger partial charge on any atom is -0.355 e.